The highest BCUT2D eigenvalue weighted by atomic mass is 35.5. The van der Waals surface area contributed by atoms with E-state index in [2.05, 4.69) is 5.10 Å². The quantitative estimate of drug-likeness (QED) is 0.906. The summed E-state index contributed by atoms with van der Waals surface area (Å²) in [6, 6.07) is 0.120. The molecule has 2 heterocycles. The third-order valence-electron chi connectivity index (χ3n) is 3.88. The minimum absolute atomic E-state index is 0.0755. The van der Waals surface area contributed by atoms with Crippen molar-refractivity contribution in [3.63, 3.8) is 0 Å². The van der Waals surface area contributed by atoms with Gasteiger partial charge >= 0.3 is 0 Å². The van der Waals surface area contributed by atoms with Crippen molar-refractivity contribution in [1.82, 2.24) is 9.78 Å². The predicted molar refractivity (Wildman–Crippen MR) is 75.7 cm³/mol. The zero-order valence-corrected chi connectivity index (χ0v) is 11.6. The number of hydrogen-bond acceptors (Lipinski definition) is 4. The summed E-state index contributed by atoms with van der Waals surface area (Å²) >= 11 is 6.18. The van der Waals surface area contributed by atoms with Gasteiger partial charge in [0.2, 0.25) is 0 Å². The van der Waals surface area contributed by atoms with Gasteiger partial charge in [0, 0.05) is 25.7 Å². The fourth-order valence-electron chi connectivity index (χ4n) is 2.63. The van der Waals surface area contributed by atoms with E-state index < -0.39 is 0 Å². The van der Waals surface area contributed by atoms with Crippen molar-refractivity contribution in [2.75, 3.05) is 18.0 Å². The Hall–Kier alpha value is -1.07. The number of nitrogens with two attached hydrogens (primary N) is 1. The number of aromatic nitrogens is 2. The summed E-state index contributed by atoms with van der Waals surface area (Å²) in [5.74, 6) is 0.614. The summed E-state index contributed by atoms with van der Waals surface area (Å²) in [4.78, 5) is 14.5. The van der Waals surface area contributed by atoms with Gasteiger partial charge in [-0.05, 0) is 31.6 Å². The molecule has 1 saturated heterocycles. The molecule has 0 amide bonds. The number of nitrogens with zero attached hydrogens (tertiary/aromatic N) is 3. The average Bonchev–Trinajstić information content (AvgIpc) is 3.17. The van der Waals surface area contributed by atoms with E-state index in [9.17, 15) is 4.79 Å². The summed E-state index contributed by atoms with van der Waals surface area (Å²) < 4.78 is 1.55. The minimum Gasteiger partial charge on any atom is -0.364 e. The number of rotatable bonds is 3. The molecule has 1 aliphatic heterocycles. The smallest absolute Gasteiger partial charge is 0.291 e. The molecule has 1 unspecified atom stereocenters. The molecule has 1 aliphatic carbocycles. The van der Waals surface area contributed by atoms with Crippen molar-refractivity contribution >= 4 is 17.3 Å². The molecule has 5 nitrogen and oxygen atoms in total. The monoisotopic (exact) mass is 282 g/mol. The molecule has 3 rings (SSSR count). The van der Waals surface area contributed by atoms with Crippen LogP contribution >= 0.6 is 11.6 Å². The lowest BCUT2D eigenvalue weighted by Crippen LogP contribution is -2.45. The summed E-state index contributed by atoms with van der Waals surface area (Å²) in [6.45, 7) is 2.25. The molecule has 2 fully saturated rings. The highest BCUT2D eigenvalue weighted by molar-refractivity contribution is 6.33. The minimum atomic E-state index is -0.0755. The fraction of sp³-hybridized carbons (Fsp3) is 0.692. The second kappa shape index (κ2) is 5.13. The van der Waals surface area contributed by atoms with Crippen molar-refractivity contribution < 1.29 is 0 Å². The maximum absolute atomic E-state index is 12.5. The van der Waals surface area contributed by atoms with E-state index in [4.69, 9.17) is 17.3 Å². The van der Waals surface area contributed by atoms with Gasteiger partial charge in [-0.3, -0.25) is 4.79 Å². The van der Waals surface area contributed by atoms with Crippen LogP contribution in [0, 0.1) is 5.92 Å². The first-order valence-corrected chi connectivity index (χ1v) is 7.29. The number of halogens is 1. The fourth-order valence-corrected chi connectivity index (χ4v) is 2.88. The van der Waals surface area contributed by atoms with Crippen LogP contribution in [0.3, 0.4) is 0 Å². The third kappa shape index (κ3) is 2.77. The topological polar surface area (TPSA) is 64.2 Å². The lowest BCUT2D eigenvalue weighted by atomic mass is 10.1. The van der Waals surface area contributed by atoms with Crippen molar-refractivity contribution in [2.45, 2.75) is 38.3 Å². The van der Waals surface area contributed by atoms with E-state index >= 15 is 0 Å². The molecule has 0 aromatic carbocycles. The highest BCUT2D eigenvalue weighted by Gasteiger charge is 2.26. The first-order chi connectivity index (χ1) is 9.15. The molecule has 2 N–H and O–H groups in total. The molecule has 6 heteroatoms. The molecule has 1 atom stereocenters. The van der Waals surface area contributed by atoms with E-state index in [-0.39, 0.29) is 11.6 Å². The molecule has 0 radical (unpaired) electrons. The second-order valence-corrected chi connectivity index (χ2v) is 6.03. The molecule has 1 aromatic rings. The highest BCUT2D eigenvalue weighted by Crippen LogP contribution is 2.30. The summed E-state index contributed by atoms with van der Waals surface area (Å²) in [5, 5.41) is 4.58. The Morgan fingerprint density at radius 1 is 1.42 bits per heavy atom. The SMILES string of the molecule is NC1CCCN(c2c(Cl)cnn(CC3CC3)c2=O)C1. The molecule has 1 saturated carbocycles. The van der Waals surface area contributed by atoms with Gasteiger partial charge in [0.25, 0.3) is 5.56 Å². The number of piperidine rings is 1. The van der Waals surface area contributed by atoms with Crippen LogP contribution in [0.25, 0.3) is 0 Å². The maximum atomic E-state index is 12.5. The Labute approximate surface area is 117 Å². The molecule has 0 spiro atoms. The largest absolute Gasteiger partial charge is 0.364 e. The Bertz CT molecular complexity index is 526. The van der Waals surface area contributed by atoms with Crippen LogP contribution in [0.2, 0.25) is 5.02 Å². The number of hydrogen-bond donors (Lipinski definition) is 1. The molecule has 19 heavy (non-hydrogen) atoms. The van der Waals surface area contributed by atoms with E-state index in [0.29, 0.717) is 29.7 Å². The van der Waals surface area contributed by atoms with E-state index in [1.54, 1.807) is 10.9 Å². The van der Waals surface area contributed by atoms with Crippen molar-refractivity contribution in [2.24, 2.45) is 11.7 Å². The van der Waals surface area contributed by atoms with Crippen LogP contribution in [-0.4, -0.2) is 28.9 Å². The molecule has 104 valence electrons. The first kappa shape index (κ1) is 12.9. The summed E-state index contributed by atoms with van der Waals surface area (Å²) in [7, 11) is 0. The van der Waals surface area contributed by atoms with Crippen molar-refractivity contribution in [3.8, 4) is 0 Å². The zero-order chi connectivity index (χ0) is 13.4. The molecule has 1 aromatic heterocycles. The van der Waals surface area contributed by atoms with Crippen LogP contribution in [0.15, 0.2) is 11.0 Å². The van der Waals surface area contributed by atoms with Gasteiger partial charge in [-0.2, -0.15) is 5.10 Å². The molecule has 0 bridgehead atoms. The van der Waals surface area contributed by atoms with Crippen molar-refractivity contribution in [3.05, 3.63) is 21.6 Å². The normalized spacial score (nSPS) is 23.7. The first-order valence-electron chi connectivity index (χ1n) is 6.91. The van der Waals surface area contributed by atoms with Crippen LogP contribution < -0.4 is 16.2 Å². The van der Waals surface area contributed by atoms with Gasteiger partial charge in [0.15, 0.2) is 0 Å². The van der Waals surface area contributed by atoms with Gasteiger partial charge in [0.1, 0.15) is 5.69 Å². The lowest BCUT2D eigenvalue weighted by Gasteiger charge is -2.32. The number of anilines is 1. The van der Waals surface area contributed by atoms with E-state index in [0.717, 1.165) is 19.4 Å². The predicted octanol–water partition coefficient (Wildman–Crippen LogP) is 1.23. The van der Waals surface area contributed by atoms with Crippen molar-refractivity contribution in [1.29, 1.82) is 0 Å². The molecular weight excluding hydrogens is 264 g/mol. The second-order valence-electron chi connectivity index (χ2n) is 5.62. The summed E-state index contributed by atoms with van der Waals surface area (Å²) in [6.07, 6.45) is 5.99. The Morgan fingerprint density at radius 3 is 2.89 bits per heavy atom. The molecular formula is C13H19ClN4O. The standard InChI is InChI=1S/C13H19ClN4O/c14-11-6-16-18(7-9-3-4-9)13(19)12(11)17-5-1-2-10(15)8-17/h6,9-10H,1-5,7-8,15H2. The van der Waals surface area contributed by atoms with Gasteiger partial charge in [-0.15, -0.1) is 0 Å². The maximum Gasteiger partial charge on any atom is 0.291 e. The Kier molecular flexibility index (Phi) is 3.50. The van der Waals surface area contributed by atoms with Crippen LogP contribution in [0.1, 0.15) is 25.7 Å². The zero-order valence-electron chi connectivity index (χ0n) is 10.9. The van der Waals surface area contributed by atoms with E-state index in [1.165, 1.54) is 12.8 Å². The Balaban J connectivity index is 1.91. The van der Waals surface area contributed by atoms with Gasteiger partial charge in [0.05, 0.1) is 11.2 Å². The van der Waals surface area contributed by atoms with E-state index in [1.807, 2.05) is 4.90 Å². The Morgan fingerprint density at radius 2 is 2.21 bits per heavy atom. The van der Waals surface area contributed by atoms with Crippen LogP contribution in [0.5, 0.6) is 0 Å². The van der Waals surface area contributed by atoms with Gasteiger partial charge in [-0.25, -0.2) is 4.68 Å². The van der Waals surface area contributed by atoms with Gasteiger partial charge < -0.3 is 10.6 Å². The summed E-state index contributed by atoms with van der Waals surface area (Å²) in [5.41, 5.74) is 6.48. The lowest BCUT2D eigenvalue weighted by molar-refractivity contribution is 0.495. The average molecular weight is 283 g/mol. The van der Waals surface area contributed by atoms with Gasteiger partial charge in [-0.1, -0.05) is 11.6 Å². The third-order valence-corrected chi connectivity index (χ3v) is 4.15. The molecule has 2 aliphatic rings. The van der Waals surface area contributed by atoms with Crippen LogP contribution in [-0.2, 0) is 6.54 Å². The van der Waals surface area contributed by atoms with Crippen LogP contribution in [0.4, 0.5) is 5.69 Å².